The van der Waals surface area contributed by atoms with Gasteiger partial charge in [0.15, 0.2) is 0 Å². The molecule has 1 aliphatic carbocycles. The number of hydrogen-bond donors (Lipinski definition) is 0. The summed E-state index contributed by atoms with van der Waals surface area (Å²) in [4.78, 5) is 23.7. The smallest absolute Gasteiger partial charge is 0.428 e. The summed E-state index contributed by atoms with van der Waals surface area (Å²) >= 11 is 0. The molecule has 0 radical (unpaired) electrons. The zero-order valence-corrected chi connectivity index (χ0v) is 21.1. The third kappa shape index (κ3) is 8.08. The molecule has 6 heteroatoms. The minimum absolute atomic E-state index is 0.486. The highest BCUT2D eigenvalue weighted by atomic mass is 16.7. The van der Waals surface area contributed by atoms with Crippen LogP contribution >= 0.6 is 0 Å². The van der Waals surface area contributed by atoms with Gasteiger partial charge < -0.3 is 18.9 Å². The molecular formula is C28H36O6. The van der Waals surface area contributed by atoms with E-state index in [2.05, 4.69) is 0 Å². The Kier molecular flexibility index (Phi) is 7.90. The van der Waals surface area contributed by atoms with Gasteiger partial charge in [-0.3, -0.25) is 0 Å². The molecule has 2 aromatic rings. The van der Waals surface area contributed by atoms with Gasteiger partial charge in [-0.1, -0.05) is 24.3 Å². The minimum Gasteiger partial charge on any atom is -0.428 e. The monoisotopic (exact) mass is 468 g/mol. The van der Waals surface area contributed by atoms with Crippen molar-refractivity contribution in [2.24, 2.45) is 0 Å². The summed E-state index contributed by atoms with van der Waals surface area (Å²) in [7, 11) is 0. The molecule has 0 bridgehead atoms. The predicted octanol–water partition coefficient (Wildman–Crippen LogP) is 7.76. The van der Waals surface area contributed by atoms with E-state index < -0.39 is 23.5 Å². The van der Waals surface area contributed by atoms with Crippen LogP contribution in [0.3, 0.4) is 0 Å². The van der Waals surface area contributed by atoms with Crippen LogP contribution in [-0.4, -0.2) is 23.5 Å². The molecule has 3 rings (SSSR count). The fourth-order valence-corrected chi connectivity index (χ4v) is 4.11. The summed E-state index contributed by atoms with van der Waals surface area (Å²) in [5, 5.41) is 0. The lowest BCUT2D eigenvalue weighted by Crippen LogP contribution is -2.26. The van der Waals surface area contributed by atoms with E-state index in [0.29, 0.717) is 23.3 Å². The lowest BCUT2D eigenvalue weighted by Gasteiger charge is -2.29. The second-order valence-electron chi connectivity index (χ2n) is 10.8. The maximum Gasteiger partial charge on any atom is 0.514 e. The Morgan fingerprint density at radius 1 is 0.588 bits per heavy atom. The molecule has 1 fully saturated rings. The first-order valence-corrected chi connectivity index (χ1v) is 11.9. The number of rotatable bonds is 4. The first-order chi connectivity index (χ1) is 15.9. The SMILES string of the molecule is CC(C)(C)OC(=O)Oc1ccc(C2CCC(c3ccc(OC(=O)OC(C)(C)C)cc3)CC2)cc1. The Balaban J connectivity index is 1.49. The van der Waals surface area contributed by atoms with Crippen molar-refractivity contribution < 1.29 is 28.5 Å². The first kappa shape index (κ1) is 25.6. The molecule has 1 aliphatic rings. The molecule has 184 valence electrons. The van der Waals surface area contributed by atoms with Gasteiger partial charge in [0.25, 0.3) is 0 Å². The van der Waals surface area contributed by atoms with Crippen molar-refractivity contribution in [1.29, 1.82) is 0 Å². The van der Waals surface area contributed by atoms with Crippen LogP contribution in [0.5, 0.6) is 11.5 Å². The van der Waals surface area contributed by atoms with E-state index in [1.807, 2.05) is 48.5 Å². The Morgan fingerprint density at radius 2 is 0.882 bits per heavy atom. The molecular weight excluding hydrogens is 432 g/mol. The number of ether oxygens (including phenoxy) is 4. The number of carbonyl (C=O) groups excluding carboxylic acids is 2. The number of carbonyl (C=O) groups is 2. The highest BCUT2D eigenvalue weighted by molar-refractivity contribution is 5.64. The Morgan fingerprint density at radius 3 is 1.15 bits per heavy atom. The van der Waals surface area contributed by atoms with Crippen molar-refractivity contribution in [3.05, 3.63) is 59.7 Å². The fourth-order valence-electron chi connectivity index (χ4n) is 4.11. The largest absolute Gasteiger partial charge is 0.514 e. The van der Waals surface area contributed by atoms with Gasteiger partial charge in [0.2, 0.25) is 0 Å². The zero-order chi connectivity index (χ0) is 24.9. The van der Waals surface area contributed by atoms with Crippen LogP contribution in [0, 0.1) is 0 Å². The summed E-state index contributed by atoms with van der Waals surface area (Å²) in [5.74, 6) is 1.95. The Labute approximate surface area is 202 Å². The summed E-state index contributed by atoms with van der Waals surface area (Å²) in [6.45, 7) is 10.8. The summed E-state index contributed by atoms with van der Waals surface area (Å²) in [6, 6.07) is 15.5. The third-order valence-corrected chi connectivity index (χ3v) is 5.61. The molecule has 0 unspecified atom stereocenters. The Bertz CT molecular complexity index is 874. The summed E-state index contributed by atoms with van der Waals surface area (Å²) in [6.07, 6.45) is 2.98. The van der Waals surface area contributed by atoms with E-state index in [0.717, 1.165) is 25.7 Å². The fraction of sp³-hybridized carbons (Fsp3) is 0.500. The maximum absolute atomic E-state index is 11.8. The van der Waals surface area contributed by atoms with Gasteiger partial charge in [0, 0.05) is 0 Å². The average Bonchev–Trinajstić information content (AvgIpc) is 2.72. The highest BCUT2D eigenvalue weighted by Crippen LogP contribution is 2.41. The lowest BCUT2D eigenvalue weighted by atomic mass is 9.76. The van der Waals surface area contributed by atoms with Crippen molar-refractivity contribution in [1.82, 2.24) is 0 Å². The quantitative estimate of drug-likeness (QED) is 0.337. The van der Waals surface area contributed by atoms with Gasteiger partial charge in [-0.05, 0) is 114 Å². The van der Waals surface area contributed by atoms with Gasteiger partial charge in [0.1, 0.15) is 22.7 Å². The van der Waals surface area contributed by atoms with Crippen LogP contribution < -0.4 is 9.47 Å². The second kappa shape index (κ2) is 10.5. The molecule has 0 heterocycles. The molecule has 0 amide bonds. The van der Waals surface area contributed by atoms with Gasteiger partial charge in [-0.25, -0.2) is 9.59 Å². The average molecular weight is 469 g/mol. The summed E-state index contributed by atoms with van der Waals surface area (Å²) in [5.41, 5.74) is 1.36. The van der Waals surface area contributed by atoms with Crippen molar-refractivity contribution in [3.63, 3.8) is 0 Å². The normalized spacial score (nSPS) is 18.6. The van der Waals surface area contributed by atoms with E-state index in [4.69, 9.17) is 18.9 Å². The van der Waals surface area contributed by atoms with Crippen molar-refractivity contribution in [2.75, 3.05) is 0 Å². The van der Waals surface area contributed by atoms with E-state index in [-0.39, 0.29) is 0 Å². The van der Waals surface area contributed by atoms with Gasteiger partial charge in [-0.15, -0.1) is 0 Å². The first-order valence-electron chi connectivity index (χ1n) is 11.9. The van der Waals surface area contributed by atoms with Crippen molar-refractivity contribution in [2.45, 2.75) is 90.3 Å². The molecule has 34 heavy (non-hydrogen) atoms. The van der Waals surface area contributed by atoms with Crippen molar-refractivity contribution in [3.8, 4) is 11.5 Å². The second-order valence-corrected chi connectivity index (χ2v) is 10.8. The van der Waals surface area contributed by atoms with Crippen LogP contribution in [0.25, 0.3) is 0 Å². The molecule has 0 spiro atoms. The minimum atomic E-state index is -0.691. The molecule has 0 saturated heterocycles. The van der Waals surface area contributed by atoms with E-state index in [1.54, 1.807) is 41.5 Å². The predicted molar refractivity (Wildman–Crippen MR) is 131 cm³/mol. The van der Waals surface area contributed by atoms with Crippen molar-refractivity contribution >= 4 is 12.3 Å². The van der Waals surface area contributed by atoms with E-state index in [9.17, 15) is 9.59 Å². The molecule has 6 nitrogen and oxygen atoms in total. The summed E-state index contributed by atoms with van der Waals surface area (Å²) < 4.78 is 20.9. The highest BCUT2D eigenvalue weighted by Gasteiger charge is 2.24. The van der Waals surface area contributed by atoms with Crippen LogP contribution in [-0.2, 0) is 9.47 Å². The number of hydrogen-bond acceptors (Lipinski definition) is 6. The van der Waals surface area contributed by atoms with E-state index in [1.165, 1.54) is 11.1 Å². The molecule has 0 N–H and O–H groups in total. The molecule has 2 aromatic carbocycles. The molecule has 0 atom stereocenters. The van der Waals surface area contributed by atoms with Crippen LogP contribution in [0.1, 0.15) is 90.2 Å². The number of benzene rings is 2. The molecule has 1 saturated carbocycles. The standard InChI is InChI=1S/C28H36O6/c1-27(2,3)33-25(29)31-23-15-11-21(12-16-23)19-7-9-20(10-8-19)22-13-17-24(18-14-22)32-26(30)34-28(4,5)6/h11-20H,7-10H2,1-6H3. The lowest BCUT2D eigenvalue weighted by molar-refractivity contribution is 0.0193. The van der Waals surface area contributed by atoms with Gasteiger partial charge in [0.05, 0.1) is 0 Å². The van der Waals surface area contributed by atoms with Crippen LogP contribution in [0.2, 0.25) is 0 Å². The van der Waals surface area contributed by atoms with Gasteiger partial charge in [-0.2, -0.15) is 0 Å². The molecule has 0 aromatic heterocycles. The van der Waals surface area contributed by atoms with E-state index >= 15 is 0 Å². The van der Waals surface area contributed by atoms with Crippen LogP contribution in [0.4, 0.5) is 9.59 Å². The topological polar surface area (TPSA) is 71.1 Å². The third-order valence-electron chi connectivity index (χ3n) is 5.61. The zero-order valence-electron chi connectivity index (χ0n) is 21.1. The van der Waals surface area contributed by atoms with Crippen LogP contribution in [0.15, 0.2) is 48.5 Å². The Hall–Kier alpha value is -3.02. The maximum atomic E-state index is 11.8. The molecule has 0 aliphatic heterocycles. The van der Waals surface area contributed by atoms with Gasteiger partial charge >= 0.3 is 12.3 Å².